The molecule has 3 aromatic carbocycles. The highest BCUT2D eigenvalue weighted by Crippen LogP contribution is 2.28. The summed E-state index contributed by atoms with van der Waals surface area (Å²) in [6.45, 7) is 2.67. The van der Waals surface area contributed by atoms with E-state index in [-0.39, 0.29) is 6.03 Å². The Morgan fingerprint density at radius 2 is 1.73 bits per heavy atom. The van der Waals surface area contributed by atoms with Crippen LogP contribution in [0.5, 0.6) is 0 Å². The maximum Gasteiger partial charge on any atom is 0.326 e. The Hall–Kier alpha value is -3.93. The number of amides is 3. The number of hydrazone groups is 1. The highest BCUT2D eigenvalue weighted by Gasteiger charge is 2.24. The number of carbonyl (C=O) groups excluding carboxylic acids is 2. The number of carbonyl (C=O) groups is 2. The Bertz CT molecular complexity index is 1110. The first-order chi connectivity index (χ1) is 14.7. The topological polar surface area (TPSA) is 73.8 Å². The van der Waals surface area contributed by atoms with E-state index in [1.165, 1.54) is 5.56 Å². The number of urea groups is 1. The molecular weight excluding hydrogens is 376 g/mol. The quantitative estimate of drug-likeness (QED) is 0.386. The van der Waals surface area contributed by atoms with Gasteiger partial charge in [0.2, 0.25) is 6.41 Å². The van der Waals surface area contributed by atoms with Crippen LogP contribution >= 0.6 is 0 Å². The zero-order chi connectivity index (χ0) is 20.9. The minimum absolute atomic E-state index is 0.150. The average molecular weight is 398 g/mol. The Labute approximate surface area is 175 Å². The third-order valence-corrected chi connectivity index (χ3v) is 5.17. The SMILES string of the molecule is Cc1ccccc1/C(=N\NC=O)c1ccc(NC(=O)N2CCc3ccccc32)cc1. The summed E-state index contributed by atoms with van der Waals surface area (Å²) in [7, 11) is 0. The van der Waals surface area contributed by atoms with Crippen molar-refractivity contribution in [3.63, 3.8) is 0 Å². The molecule has 0 atom stereocenters. The second kappa shape index (κ2) is 8.61. The molecule has 30 heavy (non-hydrogen) atoms. The van der Waals surface area contributed by atoms with Crippen LogP contribution in [0.1, 0.15) is 22.3 Å². The number of nitrogens with zero attached hydrogens (tertiary/aromatic N) is 2. The summed E-state index contributed by atoms with van der Waals surface area (Å²) in [6, 6.07) is 23.1. The van der Waals surface area contributed by atoms with Gasteiger partial charge in [-0.05, 0) is 42.7 Å². The number of nitrogens with one attached hydrogen (secondary N) is 2. The summed E-state index contributed by atoms with van der Waals surface area (Å²) in [4.78, 5) is 25.3. The summed E-state index contributed by atoms with van der Waals surface area (Å²) in [5.74, 6) is 0. The summed E-state index contributed by atoms with van der Waals surface area (Å²) in [5, 5.41) is 7.19. The maximum atomic E-state index is 12.7. The minimum Gasteiger partial charge on any atom is -0.308 e. The van der Waals surface area contributed by atoms with Gasteiger partial charge in [0.15, 0.2) is 0 Å². The molecule has 0 fully saturated rings. The fraction of sp³-hybridized carbons (Fsp3) is 0.125. The number of hydrogen-bond donors (Lipinski definition) is 2. The summed E-state index contributed by atoms with van der Waals surface area (Å²) >= 11 is 0. The summed E-state index contributed by atoms with van der Waals surface area (Å²) < 4.78 is 0. The van der Waals surface area contributed by atoms with Crippen LogP contribution in [0.25, 0.3) is 0 Å². The minimum atomic E-state index is -0.150. The van der Waals surface area contributed by atoms with Gasteiger partial charge in [-0.1, -0.05) is 54.6 Å². The molecule has 0 unspecified atom stereocenters. The van der Waals surface area contributed by atoms with Gasteiger partial charge in [-0.15, -0.1) is 0 Å². The van der Waals surface area contributed by atoms with E-state index in [9.17, 15) is 9.59 Å². The predicted octanol–water partition coefficient (Wildman–Crippen LogP) is 4.09. The van der Waals surface area contributed by atoms with Crippen LogP contribution in [-0.4, -0.2) is 24.7 Å². The molecule has 4 rings (SSSR count). The molecule has 1 heterocycles. The van der Waals surface area contributed by atoms with Gasteiger partial charge in [-0.2, -0.15) is 5.10 Å². The lowest BCUT2D eigenvalue weighted by atomic mass is 9.98. The third-order valence-electron chi connectivity index (χ3n) is 5.17. The molecule has 1 aliphatic rings. The number of aryl methyl sites for hydroxylation is 1. The molecule has 0 aliphatic carbocycles. The molecule has 0 saturated carbocycles. The molecule has 0 saturated heterocycles. The number of rotatable bonds is 5. The van der Waals surface area contributed by atoms with Crippen molar-refractivity contribution in [2.45, 2.75) is 13.3 Å². The van der Waals surface area contributed by atoms with E-state index < -0.39 is 0 Å². The van der Waals surface area contributed by atoms with Crippen molar-refractivity contribution in [2.24, 2.45) is 5.10 Å². The Balaban J connectivity index is 1.54. The maximum absolute atomic E-state index is 12.7. The van der Waals surface area contributed by atoms with E-state index in [2.05, 4.69) is 21.9 Å². The van der Waals surface area contributed by atoms with E-state index in [4.69, 9.17) is 0 Å². The van der Waals surface area contributed by atoms with Crippen LogP contribution in [0, 0.1) is 6.92 Å². The van der Waals surface area contributed by atoms with E-state index in [0.29, 0.717) is 24.4 Å². The van der Waals surface area contributed by atoms with Gasteiger partial charge in [-0.3, -0.25) is 9.69 Å². The van der Waals surface area contributed by atoms with E-state index >= 15 is 0 Å². The largest absolute Gasteiger partial charge is 0.326 e. The van der Waals surface area contributed by atoms with Crippen molar-refractivity contribution in [1.29, 1.82) is 0 Å². The standard InChI is InChI=1S/C24H22N4O2/c1-17-6-2-4-8-21(17)23(27-25-16-29)19-10-12-20(13-11-19)26-24(30)28-15-14-18-7-3-5-9-22(18)28/h2-13,16H,14-15H2,1H3,(H,25,29)(H,26,30)/b27-23-. The number of anilines is 2. The van der Waals surface area contributed by atoms with Gasteiger partial charge in [0.05, 0.1) is 5.71 Å². The lowest BCUT2D eigenvalue weighted by Crippen LogP contribution is -2.33. The van der Waals surface area contributed by atoms with E-state index in [1.54, 1.807) is 4.90 Å². The Morgan fingerprint density at radius 1 is 1.00 bits per heavy atom. The molecule has 6 nitrogen and oxygen atoms in total. The molecule has 0 aromatic heterocycles. The van der Waals surface area contributed by atoms with Gasteiger partial charge in [-0.25, -0.2) is 10.2 Å². The van der Waals surface area contributed by atoms with Crippen molar-refractivity contribution in [3.8, 4) is 0 Å². The van der Waals surface area contributed by atoms with Gasteiger partial charge < -0.3 is 5.32 Å². The van der Waals surface area contributed by atoms with E-state index in [1.807, 2.05) is 73.7 Å². The molecule has 6 heteroatoms. The second-order valence-corrected chi connectivity index (χ2v) is 7.06. The van der Waals surface area contributed by atoms with Crippen molar-refractivity contribution in [1.82, 2.24) is 5.43 Å². The fourth-order valence-electron chi connectivity index (χ4n) is 3.66. The van der Waals surface area contributed by atoms with Crippen molar-refractivity contribution >= 4 is 29.5 Å². The zero-order valence-electron chi connectivity index (χ0n) is 16.6. The first-order valence-electron chi connectivity index (χ1n) is 9.77. The second-order valence-electron chi connectivity index (χ2n) is 7.06. The molecule has 0 radical (unpaired) electrons. The summed E-state index contributed by atoms with van der Waals surface area (Å²) in [6.07, 6.45) is 1.41. The van der Waals surface area contributed by atoms with Crippen LogP contribution in [-0.2, 0) is 11.2 Å². The lowest BCUT2D eigenvalue weighted by molar-refractivity contribution is -0.109. The Kier molecular flexibility index (Phi) is 5.57. The van der Waals surface area contributed by atoms with E-state index in [0.717, 1.165) is 28.8 Å². The third kappa shape index (κ3) is 3.93. The molecule has 3 aromatic rings. The van der Waals surface area contributed by atoms with Crippen molar-refractivity contribution in [3.05, 3.63) is 95.1 Å². The summed E-state index contributed by atoms with van der Waals surface area (Å²) in [5.41, 5.74) is 8.71. The van der Waals surface area contributed by atoms with Crippen LogP contribution in [0.4, 0.5) is 16.2 Å². The average Bonchev–Trinajstić information content (AvgIpc) is 3.20. The molecule has 1 aliphatic heterocycles. The number of benzene rings is 3. The first-order valence-corrected chi connectivity index (χ1v) is 9.77. The smallest absolute Gasteiger partial charge is 0.308 e. The first kappa shape index (κ1) is 19.4. The fourth-order valence-corrected chi connectivity index (χ4v) is 3.66. The number of para-hydroxylation sites is 1. The molecule has 3 amide bonds. The van der Waals surface area contributed by atoms with Crippen LogP contribution in [0.3, 0.4) is 0 Å². The molecule has 2 N–H and O–H groups in total. The number of hydrogen-bond acceptors (Lipinski definition) is 3. The van der Waals surface area contributed by atoms with Crippen molar-refractivity contribution in [2.75, 3.05) is 16.8 Å². The number of fused-ring (bicyclic) bond motifs is 1. The van der Waals surface area contributed by atoms with Crippen molar-refractivity contribution < 1.29 is 9.59 Å². The Morgan fingerprint density at radius 3 is 2.50 bits per heavy atom. The molecular formula is C24H22N4O2. The highest BCUT2D eigenvalue weighted by atomic mass is 16.2. The monoisotopic (exact) mass is 398 g/mol. The van der Waals surface area contributed by atoms with Gasteiger partial charge in [0.25, 0.3) is 0 Å². The van der Waals surface area contributed by atoms with Crippen LogP contribution in [0.15, 0.2) is 77.9 Å². The van der Waals surface area contributed by atoms with Crippen LogP contribution < -0.4 is 15.6 Å². The molecule has 150 valence electrons. The predicted molar refractivity (Wildman–Crippen MR) is 119 cm³/mol. The van der Waals surface area contributed by atoms with Crippen LogP contribution in [0.2, 0.25) is 0 Å². The van der Waals surface area contributed by atoms with Gasteiger partial charge >= 0.3 is 6.03 Å². The molecule has 0 bridgehead atoms. The zero-order valence-corrected chi connectivity index (χ0v) is 16.6. The highest BCUT2D eigenvalue weighted by molar-refractivity contribution is 6.14. The lowest BCUT2D eigenvalue weighted by Gasteiger charge is -2.18. The normalized spacial score (nSPS) is 13.0. The van der Waals surface area contributed by atoms with Gasteiger partial charge in [0, 0.05) is 29.0 Å². The molecule has 0 spiro atoms. The van der Waals surface area contributed by atoms with Gasteiger partial charge in [0.1, 0.15) is 0 Å².